The van der Waals surface area contributed by atoms with Crippen LogP contribution in [0.25, 0.3) is 0 Å². The molecule has 0 amide bonds. The van der Waals surface area contributed by atoms with Crippen LogP contribution in [-0.4, -0.2) is 19.1 Å². The van der Waals surface area contributed by atoms with E-state index in [2.05, 4.69) is 0 Å². The SMILES string of the molecule is COC(=O)C(N)C12CC(c3cccc(F)c3)(C1)C2. The number of methoxy groups -OCH3 is 1. The molecule has 1 aromatic rings. The zero-order valence-electron chi connectivity index (χ0n) is 10.3. The second kappa shape index (κ2) is 3.54. The molecule has 3 saturated carbocycles. The van der Waals surface area contributed by atoms with E-state index in [1.54, 1.807) is 12.1 Å². The van der Waals surface area contributed by atoms with Crippen molar-refractivity contribution in [2.45, 2.75) is 30.7 Å². The molecule has 96 valence electrons. The second-order valence-electron chi connectivity index (χ2n) is 5.68. The minimum absolute atomic E-state index is 0.0493. The third-order valence-corrected chi connectivity index (χ3v) is 4.62. The number of hydrogen-bond acceptors (Lipinski definition) is 3. The Morgan fingerprint density at radius 1 is 1.44 bits per heavy atom. The van der Waals surface area contributed by atoms with Gasteiger partial charge in [-0.3, -0.25) is 4.79 Å². The molecule has 0 radical (unpaired) electrons. The van der Waals surface area contributed by atoms with Crippen LogP contribution in [0.2, 0.25) is 0 Å². The van der Waals surface area contributed by atoms with Gasteiger partial charge in [-0.1, -0.05) is 12.1 Å². The van der Waals surface area contributed by atoms with E-state index in [0.29, 0.717) is 0 Å². The van der Waals surface area contributed by atoms with E-state index < -0.39 is 6.04 Å². The van der Waals surface area contributed by atoms with Crippen LogP contribution < -0.4 is 5.73 Å². The van der Waals surface area contributed by atoms with Crippen LogP contribution in [0.1, 0.15) is 24.8 Å². The maximum atomic E-state index is 13.2. The van der Waals surface area contributed by atoms with Crippen molar-refractivity contribution < 1.29 is 13.9 Å². The number of carbonyl (C=O) groups is 1. The fourth-order valence-corrected chi connectivity index (χ4v) is 3.70. The lowest BCUT2D eigenvalue weighted by atomic mass is 9.31. The third-order valence-electron chi connectivity index (χ3n) is 4.62. The Kier molecular flexibility index (Phi) is 2.29. The summed E-state index contributed by atoms with van der Waals surface area (Å²) in [5.74, 6) is -0.550. The third kappa shape index (κ3) is 1.35. The Morgan fingerprint density at radius 2 is 2.11 bits per heavy atom. The molecule has 3 fully saturated rings. The van der Waals surface area contributed by atoms with Crippen molar-refractivity contribution in [2.75, 3.05) is 7.11 Å². The molecule has 0 aromatic heterocycles. The quantitative estimate of drug-likeness (QED) is 0.830. The van der Waals surface area contributed by atoms with E-state index in [9.17, 15) is 9.18 Å². The summed E-state index contributed by atoms with van der Waals surface area (Å²) in [6.07, 6.45) is 2.58. The average molecular weight is 249 g/mol. The lowest BCUT2D eigenvalue weighted by Crippen LogP contribution is -2.72. The molecular weight excluding hydrogens is 233 g/mol. The molecule has 1 unspecified atom stereocenters. The molecule has 4 heteroatoms. The molecule has 3 aliphatic carbocycles. The van der Waals surface area contributed by atoms with Crippen LogP contribution in [0.4, 0.5) is 4.39 Å². The number of rotatable bonds is 3. The number of carbonyl (C=O) groups excluding carboxylic acids is 1. The summed E-state index contributed by atoms with van der Waals surface area (Å²) in [5, 5.41) is 0. The molecule has 0 saturated heterocycles. The van der Waals surface area contributed by atoms with Crippen LogP contribution in [0.5, 0.6) is 0 Å². The number of esters is 1. The molecule has 0 aliphatic heterocycles. The summed E-state index contributed by atoms with van der Waals surface area (Å²) in [6, 6.07) is 6.18. The molecule has 0 spiro atoms. The lowest BCUT2D eigenvalue weighted by Gasteiger charge is -2.72. The normalized spacial score (nSPS) is 34.2. The number of nitrogens with two attached hydrogens (primary N) is 1. The number of hydrogen-bond donors (Lipinski definition) is 1. The standard InChI is InChI=1S/C14H16FNO2/c1-18-12(17)11(16)14-6-13(7-14,8-14)9-3-2-4-10(15)5-9/h2-5,11H,6-8,16H2,1H3. The van der Waals surface area contributed by atoms with Crippen LogP contribution in [0.15, 0.2) is 24.3 Å². The maximum Gasteiger partial charge on any atom is 0.323 e. The van der Waals surface area contributed by atoms with Gasteiger partial charge in [0, 0.05) is 0 Å². The molecule has 1 atom stereocenters. The minimum Gasteiger partial charge on any atom is -0.468 e. The van der Waals surface area contributed by atoms with E-state index in [0.717, 1.165) is 24.8 Å². The fourth-order valence-electron chi connectivity index (χ4n) is 3.70. The molecule has 4 rings (SSSR count). The Labute approximate surface area is 105 Å². The lowest BCUT2D eigenvalue weighted by molar-refractivity contribution is -0.181. The summed E-state index contributed by atoms with van der Waals surface area (Å²) in [6.45, 7) is 0. The Bertz CT molecular complexity index is 494. The highest BCUT2D eigenvalue weighted by Crippen LogP contribution is 2.74. The van der Waals surface area contributed by atoms with E-state index in [1.165, 1.54) is 13.2 Å². The fraction of sp³-hybridized carbons (Fsp3) is 0.500. The van der Waals surface area contributed by atoms with Gasteiger partial charge >= 0.3 is 5.97 Å². The molecule has 2 bridgehead atoms. The molecule has 18 heavy (non-hydrogen) atoms. The molecule has 2 N–H and O–H groups in total. The van der Waals surface area contributed by atoms with Gasteiger partial charge in [-0.05, 0) is 47.8 Å². The first kappa shape index (κ1) is 11.7. The zero-order valence-corrected chi connectivity index (χ0v) is 10.3. The molecule has 3 aliphatic rings. The first-order valence-electron chi connectivity index (χ1n) is 6.11. The van der Waals surface area contributed by atoms with Crippen molar-refractivity contribution in [1.82, 2.24) is 0 Å². The highest BCUT2D eigenvalue weighted by Gasteiger charge is 2.71. The largest absolute Gasteiger partial charge is 0.468 e. The highest BCUT2D eigenvalue weighted by atomic mass is 19.1. The smallest absolute Gasteiger partial charge is 0.323 e. The number of ether oxygens (including phenoxy) is 1. The Hall–Kier alpha value is -1.42. The maximum absolute atomic E-state index is 13.2. The van der Waals surface area contributed by atoms with Gasteiger partial charge in [-0.2, -0.15) is 0 Å². The number of benzene rings is 1. The summed E-state index contributed by atoms with van der Waals surface area (Å²) in [7, 11) is 1.36. The van der Waals surface area contributed by atoms with Crippen molar-refractivity contribution >= 4 is 5.97 Å². The van der Waals surface area contributed by atoms with Crippen LogP contribution in [0, 0.1) is 11.2 Å². The van der Waals surface area contributed by atoms with Crippen molar-refractivity contribution in [3.8, 4) is 0 Å². The van der Waals surface area contributed by atoms with Gasteiger partial charge in [0.1, 0.15) is 11.9 Å². The van der Waals surface area contributed by atoms with E-state index in [4.69, 9.17) is 10.5 Å². The zero-order chi connectivity index (χ0) is 13.0. The average Bonchev–Trinajstić information content (AvgIpc) is 2.24. The summed E-state index contributed by atoms with van der Waals surface area (Å²) >= 11 is 0. The van der Waals surface area contributed by atoms with Crippen molar-refractivity contribution in [2.24, 2.45) is 11.1 Å². The van der Waals surface area contributed by atoms with E-state index in [-0.39, 0.29) is 22.6 Å². The van der Waals surface area contributed by atoms with Crippen LogP contribution in [-0.2, 0) is 14.9 Å². The van der Waals surface area contributed by atoms with Gasteiger partial charge in [-0.25, -0.2) is 4.39 Å². The van der Waals surface area contributed by atoms with Gasteiger partial charge in [0.2, 0.25) is 0 Å². The van der Waals surface area contributed by atoms with Crippen molar-refractivity contribution in [3.05, 3.63) is 35.6 Å². The first-order chi connectivity index (χ1) is 8.51. The minimum atomic E-state index is -0.544. The van der Waals surface area contributed by atoms with Gasteiger partial charge in [0.05, 0.1) is 7.11 Å². The highest BCUT2D eigenvalue weighted by molar-refractivity contribution is 5.77. The number of halogens is 1. The predicted molar refractivity (Wildman–Crippen MR) is 64.4 cm³/mol. The van der Waals surface area contributed by atoms with Gasteiger partial charge in [0.25, 0.3) is 0 Å². The Morgan fingerprint density at radius 3 is 2.67 bits per heavy atom. The van der Waals surface area contributed by atoms with E-state index >= 15 is 0 Å². The van der Waals surface area contributed by atoms with Crippen molar-refractivity contribution in [1.29, 1.82) is 0 Å². The Balaban J connectivity index is 1.75. The van der Waals surface area contributed by atoms with Crippen molar-refractivity contribution in [3.63, 3.8) is 0 Å². The molecule has 3 nitrogen and oxygen atoms in total. The topological polar surface area (TPSA) is 52.3 Å². The molecule has 1 aromatic carbocycles. The predicted octanol–water partition coefficient (Wildman–Crippen LogP) is 1.75. The summed E-state index contributed by atoms with van der Waals surface area (Å²) in [5.41, 5.74) is 6.89. The van der Waals surface area contributed by atoms with Crippen LogP contribution in [0.3, 0.4) is 0 Å². The summed E-state index contributed by atoms with van der Waals surface area (Å²) in [4.78, 5) is 11.5. The van der Waals surface area contributed by atoms with Crippen LogP contribution >= 0.6 is 0 Å². The monoisotopic (exact) mass is 249 g/mol. The molecular formula is C14H16FNO2. The van der Waals surface area contributed by atoms with Gasteiger partial charge < -0.3 is 10.5 Å². The summed E-state index contributed by atoms with van der Waals surface area (Å²) < 4.78 is 17.9. The van der Waals surface area contributed by atoms with E-state index in [1.807, 2.05) is 6.07 Å². The van der Waals surface area contributed by atoms with Gasteiger partial charge in [0.15, 0.2) is 0 Å². The second-order valence-corrected chi connectivity index (χ2v) is 5.68. The first-order valence-corrected chi connectivity index (χ1v) is 6.11. The van der Waals surface area contributed by atoms with Gasteiger partial charge in [-0.15, -0.1) is 0 Å². The molecule has 0 heterocycles.